The number of alkyl halides is 3. The van der Waals surface area contributed by atoms with Crippen LogP contribution in [0.15, 0.2) is 18.2 Å². The first-order valence-electron chi connectivity index (χ1n) is 6.24. The number of hydrogen-bond acceptors (Lipinski definition) is 3. The first-order valence-corrected chi connectivity index (χ1v) is 6.24. The van der Waals surface area contributed by atoms with E-state index in [1.54, 1.807) is 6.07 Å². The van der Waals surface area contributed by atoms with Gasteiger partial charge in [0, 0.05) is 31.9 Å². The molecule has 0 aliphatic carbocycles. The van der Waals surface area contributed by atoms with E-state index < -0.39 is 12.2 Å². The van der Waals surface area contributed by atoms with Gasteiger partial charge in [0.25, 0.3) is 0 Å². The van der Waals surface area contributed by atoms with E-state index in [4.69, 9.17) is 5.73 Å². The van der Waals surface area contributed by atoms with Crippen molar-refractivity contribution in [2.75, 3.05) is 25.4 Å². The van der Waals surface area contributed by atoms with Crippen molar-refractivity contribution < 1.29 is 13.2 Å². The van der Waals surface area contributed by atoms with E-state index in [9.17, 15) is 13.2 Å². The van der Waals surface area contributed by atoms with E-state index in [0.29, 0.717) is 25.3 Å². The fraction of sp³-hybridized carbons (Fsp3) is 0.538. The van der Waals surface area contributed by atoms with Gasteiger partial charge in [0.1, 0.15) is 6.04 Å². The van der Waals surface area contributed by atoms with Crippen LogP contribution in [0.2, 0.25) is 0 Å². The highest BCUT2D eigenvalue weighted by molar-refractivity contribution is 5.44. The highest BCUT2D eigenvalue weighted by Gasteiger charge is 2.41. The Morgan fingerprint density at radius 2 is 2.16 bits per heavy atom. The normalized spacial score (nSPS) is 21.6. The molecular weight excluding hydrogens is 255 g/mol. The Hall–Kier alpha value is -1.27. The summed E-state index contributed by atoms with van der Waals surface area (Å²) < 4.78 is 38.1. The molecule has 1 unspecified atom stereocenters. The molecule has 0 amide bonds. The molecule has 6 heteroatoms. The second-order valence-corrected chi connectivity index (χ2v) is 4.97. The van der Waals surface area contributed by atoms with Crippen molar-refractivity contribution in [1.82, 2.24) is 10.2 Å². The summed E-state index contributed by atoms with van der Waals surface area (Å²) >= 11 is 0. The molecule has 0 saturated carbocycles. The first-order chi connectivity index (χ1) is 8.86. The van der Waals surface area contributed by atoms with E-state index in [0.717, 1.165) is 11.1 Å². The lowest BCUT2D eigenvalue weighted by molar-refractivity contribution is -0.165. The monoisotopic (exact) mass is 273 g/mol. The summed E-state index contributed by atoms with van der Waals surface area (Å²) in [5.41, 5.74) is 8.40. The molecule has 19 heavy (non-hydrogen) atoms. The Bertz CT molecular complexity index is 445. The fourth-order valence-electron chi connectivity index (χ4n) is 2.28. The number of nitrogens with zero attached hydrogens (tertiary/aromatic N) is 1. The fourth-order valence-corrected chi connectivity index (χ4v) is 2.28. The molecule has 1 aliphatic rings. The van der Waals surface area contributed by atoms with Crippen LogP contribution in [0.25, 0.3) is 0 Å². The molecule has 2 rings (SSSR count). The highest BCUT2D eigenvalue weighted by atomic mass is 19.4. The van der Waals surface area contributed by atoms with E-state index in [2.05, 4.69) is 5.32 Å². The van der Waals surface area contributed by atoms with E-state index in [1.165, 1.54) is 0 Å². The molecule has 1 aromatic carbocycles. The number of rotatable bonds is 2. The second kappa shape index (κ2) is 5.38. The van der Waals surface area contributed by atoms with Gasteiger partial charge in [0.2, 0.25) is 0 Å². The maximum atomic E-state index is 12.7. The lowest BCUT2D eigenvalue weighted by Gasteiger charge is -2.34. The molecule has 0 bridgehead atoms. The van der Waals surface area contributed by atoms with Crippen LogP contribution < -0.4 is 11.1 Å². The van der Waals surface area contributed by atoms with Crippen LogP contribution in [0, 0.1) is 6.92 Å². The van der Waals surface area contributed by atoms with Gasteiger partial charge in [-0.05, 0) is 30.2 Å². The Morgan fingerprint density at radius 3 is 2.84 bits per heavy atom. The number of aryl methyl sites for hydroxylation is 1. The highest BCUT2D eigenvalue weighted by Crippen LogP contribution is 2.23. The third-order valence-corrected chi connectivity index (χ3v) is 3.42. The van der Waals surface area contributed by atoms with Crippen LogP contribution in [0.1, 0.15) is 11.1 Å². The number of nitrogen functional groups attached to an aromatic ring is 1. The number of benzene rings is 1. The largest absolute Gasteiger partial charge is 0.405 e. The van der Waals surface area contributed by atoms with Gasteiger partial charge in [-0.15, -0.1) is 0 Å². The van der Waals surface area contributed by atoms with Gasteiger partial charge in [0.05, 0.1) is 0 Å². The van der Waals surface area contributed by atoms with Gasteiger partial charge in [-0.3, -0.25) is 4.90 Å². The Kier molecular flexibility index (Phi) is 4.01. The van der Waals surface area contributed by atoms with Gasteiger partial charge in [-0.2, -0.15) is 13.2 Å². The van der Waals surface area contributed by atoms with Crippen LogP contribution in [-0.2, 0) is 6.54 Å². The van der Waals surface area contributed by atoms with Crippen molar-refractivity contribution in [3.05, 3.63) is 29.3 Å². The quantitative estimate of drug-likeness (QED) is 0.809. The predicted molar refractivity (Wildman–Crippen MR) is 68.7 cm³/mol. The minimum atomic E-state index is -4.19. The van der Waals surface area contributed by atoms with Crippen LogP contribution >= 0.6 is 0 Å². The SMILES string of the molecule is Cc1ccc(N)cc1CN1CCNC(C(F)(F)F)C1. The third kappa shape index (κ3) is 3.61. The lowest BCUT2D eigenvalue weighted by Crippen LogP contribution is -2.56. The molecule has 0 radical (unpaired) electrons. The van der Waals surface area contributed by atoms with Gasteiger partial charge < -0.3 is 11.1 Å². The molecule has 1 atom stereocenters. The van der Waals surface area contributed by atoms with E-state index >= 15 is 0 Å². The minimum Gasteiger partial charge on any atom is -0.399 e. The zero-order valence-electron chi connectivity index (χ0n) is 10.8. The third-order valence-electron chi connectivity index (χ3n) is 3.42. The molecular formula is C13H18F3N3. The summed E-state index contributed by atoms with van der Waals surface area (Å²) in [4.78, 5) is 1.82. The summed E-state index contributed by atoms with van der Waals surface area (Å²) in [6.07, 6.45) is -4.19. The van der Waals surface area contributed by atoms with Crippen molar-refractivity contribution in [2.24, 2.45) is 0 Å². The van der Waals surface area contributed by atoms with Gasteiger partial charge >= 0.3 is 6.18 Å². The van der Waals surface area contributed by atoms with Crippen molar-refractivity contribution in [3.63, 3.8) is 0 Å². The number of piperazine rings is 1. The van der Waals surface area contributed by atoms with Crippen LogP contribution in [0.4, 0.5) is 18.9 Å². The Balaban J connectivity index is 2.05. The topological polar surface area (TPSA) is 41.3 Å². The van der Waals surface area contributed by atoms with E-state index in [1.807, 2.05) is 24.0 Å². The molecule has 1 fully saturated rings. The number of halogens is 3. The number of anilines is 1. The summed E-state index contributed by atoms with van der Waals surface area (Å²) in [6, 6.07) is 4.09. The number of nitrogens with two attached hydrogens (primary N) is 1. The molecule has 1 aliphatic heterocycles. The Morgan fingerprint density at radius 1 is 1.42 bits per heavy atom. The molecule has 1 aromatic rings. The zero-order chi connectivity index (χ0) is 14.0. The smallest absolute Gasteiger partial charge is 0.399 e. The predicted octanol–water partition coefficient (Wildman–Crippen LogP) is 1.91. The zero-order valence-corrected chi connectivity index (χ0v) is 10.8. The summed E-state index contributed by atoms with van der Waals surface area (Å²) in [5.74, 6) is 0. The summed E-state index contributed by atoms with van der Waals surface area (Å²) in [7, 11) is 0. The maximum absolute atomic E-state index is 12.7. The maximum Gasteiger partial charge on any atom is 0.405 e. The van der Waals surface area contributed by atoms with Gasteiger partial charge in [-0.25, -0.2) is 0 Å². The Labute approximate surface area is 110 Å². The van der Waals surface area contributed by atoms with Crippen LogP contribution in [-0.4, -0.2) is 36.8 Å². The molecule has 1 saturated heterocycles. The summed E-state index contributed by atoms with van der Waals surface area (Å²) in [5, 5.41) is 2.51. The summed E-state index contributed by atoms with van der Waals surface area (Å²) in [6.45, 7) is 3.40. The molecule has 3 N–H and O–H groups in total. The van der Waals surface area contributed by atoms with Crippen molar-refractivity contribution in [2.45, 2.75) is 25.7 Å². The average Bonchev–Trinajstić information content (AvgIpc) is 2.33. The van der Waals surface area contributed by atoms with E-state index in [-0.39, 0.29) is 6.54 Å². The first kappa shape index (κ1) is 14.1. The standard InChI is InChI=1S/C13H18F3N3/c1-9-2-3-11(17)6-10(9)7-19-5-4-18-12(8-19)13(14,15)16/h2-3,6,12,18H,4-5,7-8,17H2,1H3. The van der Waals surface area contributed by atoms with Gasteiger partial charge in [0.15, 0.2) is 0 Å². The molecule has 1 heterocycles. The average molecular weight is 273 g/mol. The minimum absolute atomic E-state index is 0.0161. The molecule has 3 nitrogen and oxygen atoms in total. The molecule has 0 spiro atoms. The molecule has 106 valence electrons. The van der Waals surface area contributed by atoms with Crippen LogP contribution in [0.5, 0.6) is 0 Å². The van der Waals surface area contributed by atoms with Crippen molar-refractivity contribution in [3.8, 4) is 0 Å². The number of hydrogen-bond donors (Lipinski definition) is 2. The second-order valence-electron chi connectivity index (χ2n) is 4.97. The van der Waals surface area contributed by atoms with Crippen LogP contribution in [0.3, 0.4) is 0 Å². The van der Waals surface area contributed by atoms with Crippen molar-refractivity contribution in [1.29, 1.82) is 0 Å². The van der Waals surface area contributed by atoms with Crippen molar-refractivity contribution >= 4 is 5.69 Å². The lowest BCUT2D eigenvalue weighted by atomic mass is 10.1. The number of nitrogens with one attached hydrogen (secondary N) is 1. The molecule has 0 aromatic heterocycles. The van der Waals surface area contributed by atoms with Gasteiger partial charge in [-0.1, -0.05) is 6.07 Å².